The molecule has 0 fully saturated rings. The van der Waals surface area contributed by atoms with Gasteiger partial charge in [-0.05, 0) is 6.92 Å². The quantitative estimate of drug-likeness (QED) is 0.196. The predicted octanol–water partition coefficient (Wildman–Crippen LogP) is -2.25. The summed E-state index contributed by atoms with van der Waals surface area (Å²) in [7, 11) is 3.31. The molecule has 0 aromatic heterocycles. The van der Waals surface area contributed by atoms with Crippen molar-refractivity contribution < 1.29 is 24.2 Å². The van der Waals surface area contributed by atoms with E-state index in [-0.39, 0.29) is 37.4 Å². The second kappa shape index (κ2) is 12.7. The molecule has 0 aliphatic rings. The molecule has 166 valence electrons. The van der Waals surface area contributed by atoms with Crippen LogP contribution < -0.4 is 22.1 Å². The van der Waals surface area contributed by atoms with Crippen molar-refractivity contribution in [2.24, 2.45) is 26.9 Å². The normalized spacial score (nSPS) is 13.6. The van der Waals surface area contributed by atoms with E-state index in [0.717, 1.165) is 0 Å². The molecule has 7 N–H and O–H groups in total. The molecular weight excluding hydrogens is 382 g/mol. The summed E-state index contributed by atoms with van der Waals surface area (Å²) in [6.07, 6.45) is -1.29. The first-order chi connectivity index (χ1) is 13.4. The van der Waals surface area contributed by atoms with Crippen LogP contribution in [0.2, 0.25) is 0 Å². The number of guanidine groups is 2. The molecule has 0 saturated heterocycles. The van der Waals surface area contributed by atoms with E-state index >= 15 is 0 Å². The minimum Gasteiger partial charge on any atom is -0.383 e. The van der Waals surface area contributed by atoms with Crippen LogP contribution in [0.5, 0.6) is 0 Å². The first kappa shape index (κ1) is 26.3. The number of ether oxygens (including phenoxy) is 1. The number of carbonyl (C=O) groups excluding carboxylic acids is 3. The molecule has 29 heavy (non-hydrogen) atoms. The van der Waals surface area contributed by atoms with Gasteiger partial charge in [0.25, 0.3) is 5.91 Å². The highest BCUT2D eigenvalue weighted by Gasteiger charge is 2.34. The third-order valence-electron chi connectivity index (χ3n) is 3.64. The van der Waals surface area contributed by atoms with Gasteiger partial charge in [-0.25, -0.2) is 0 Å². The number of nitrogens with two attached hydrogens (primary N) is 2. The number of aliphatic hydroxyl groups excluding tert-OH is 1. The number of hydrogen-bond acceptors (Lipinski definition) is 5. The summed E-state index contributed by atoms with van der Waals surface area (Å²) in [5.41, 5.74) is 10.1. The SMILES string of the molecule is CCNC(=O)CCNC(=O)[C@H](O)C(C)(C)COCC(=O)N=C(N)/N=C(\N)N(C)C. The van der Waals surface area contributed by atoms with Crippen LogP contribution in [0.4, 0.5) is 0 Å². The van der Waals surface area contributed by atoms with Gasteiger partial charge in [0.15, 0.2) is 5.96 Å². The van der Waals surface area contributed by atoms with Gasteiger partial charge < -0.3 is 36.8 Å². The van der Waals surface area contributed by atoms with Crippen LogP contribution in [0, 0.1) is 5.41 Å². The molecule has 3 amide bonds. The Bertz CT molecular complexity index is 632. The summed E-state index contributed by atoms with van der Waals surface area (Å²) >= 11 is 0. The molecule has 0 aliphatic carbocycles. The Hall–Kier alpha value is -2.73. The van der Waals surface area contributed by atoms with Crippen LogP contribution in [-0.2, 0) is 19.1 Å². The minimum absolute atomic E-state index is 0.0856. The van der Waals surface area contributed by atoms with Gasteiger partial charge in [0.05, 0.1) is 6.61 Å². The maximum absolute atomic E-state index is 12.0. The highest BCUT2D eigenvalue weighted by Crippen LogP contribution is 2.21. The number of aliphatic imine (C=N–C) groups is 2. The minimum atomic E-state index is -1.40. The molecule has 12 heteroatoms. The summed E-state index contributed by atoms with van der Waals surface area (Å²) in [6, 6.07) is 0. The van der Waals surface area contributed by atoms with Crippen molar-refractivity contribution in [3.63, 3.8) is 0 Å². The topological polar surface area (TPSA) is 185 Å². The zero-order chi connectivity index (χ0) is 22.6. The van der Waals surface area contributed by atoms with E-state index in [2.05, 4.69) is 20.6 Å². The predicted molar refractivity (Wildman–Crippen MR) is 109 cm³/mol. The average molecular weight is 415 g/mol. The van der Waals surface area contributed by atoms with Gasteiger partial charge in [-0.2, -0.15) is 9.98 Å². The van der Waals surface area contributed by atoms with Gasteiger partial charge in [0, 0.05) is 39.0 Å². The fraction of sp³-hybridized carbons (Fsp3) is 0.706. The second-order valence-corrected chi connectivity index (χ2v) is 7.11. The maximum atomic E-state index is 12.0. The van der Waals surface area contributed by atoms with Crippen LogP contribution in [0.3, 0.4) is 0 Å². The molecular formula is C17H33N7O5. The van der Waals surface area contributed by atoms with E-state index in [9.17, 15) is 19.5 Å². The lowest BCUT2D eigenvalue weighted by Crippen LogP contribution is -2.46. The summed E-state index contributed by atoms with van der Waals surface area (Å²) in [5, 5.41) is 15.3. The molecule has 0 rings (SSSR count). The molecule has 0 radical (unpaired) electrons. The van der Waals surface area contributed by atoms with Crippen LogP contribution >= 0.6 is 0 Å². The molecule has 0 unspecified atom stereocenters. The van der Waals surface area contributed by atoms with Gasteiger partial charge >= 0.3 is 0 Å². The van der Waals surface area contributed by atoms with Crippen molar-refractivity contribution >= 4 is 29.6 Å². The Labute approximate surface area is 170 Å². The number of hydrogen-bond donors (Lipinski definition) is 5. The Morgan fingerprint density at radius 1 is 1.17 bits per heavy atom. The molecule has 0 aromatic rings. The average Bonchev–Trinajstić information content (AvgIpc) is 2.60. The molecule has 0 aliphatic heterocycles. The van der Waals surface area contributed by atoms with Crippen molar-refractivity contribution in [1.82, 2.24) is 15.5 Å². The lowest BCUT2D eigenvalue weighted by atomic mass is 9.87. The third kappa shape index (κ3) is 11.0. The summed E-state index contributed by atoms with van der Waals surface area (Å²) in [6.45, 7) is 5.09. The first-order valence-electron chi connectivity index (χ1n) is 9.09. The number of nitrogens with one attached hydrogen (secondary N) is 2. The Kier molecular flexibility index (Phi) is 11.5. The largest absolute Gasteiger partial charge is 0.383 e. The summed E-state index contributed by atoms with van der Waals surface area (Å²) in [5.74, 6) is -1.74. The zero-order valence-electron chi connectivity index (χ0n) is 17.7. The fourth-order valence-electron chi connectivity index (χ4n) is 1.92. The van der Waals surface area contributed by atoms with Crippen molar-refractivity contribution in [2.75, 3.05) is 40.4 Å². The van der Waals surface area contributed by atoms with Gasteiger partial charge in [0.1, 0.15) is 12.7 Å². The molecule has 12 nitrogen and oxygen atoms in total. The molecule has 0 heterocycles. The van der Waals surface area contributed by atoms with Gasteiger partial charge in [-0.1, -0.05) is 13.8 Å². The highest BCUT2D eigenvalue weighted by molar-refractivity contribution is 5.99. The molecule has 0 saturated carbocycles. The summed E-state index contributed by atoms with van der Waals surface area (Å²) < 4.78 is 5.25. The number of carbonyl (C=O) groups is 3. The molecule has 1 atom stereocenters. The number of aliphatic hydroxyl groups is 1. The van der Waals surface area contributed by atoms with Crippen molar-refractivity contribution in [1.29, 1.82) is 0 Å². The lowest BCUT2D eigenvalue weighted by molar-refractivity contribution is -0.139. The number of rotatable bonds is 10. The van der Waals surface area contributed by atoms with Crippen LogP contribution in [0.1, 0.15) is 27.2 Å². The van der Waals surface area contributed by atoms with Crippen molar-refractivity contribution in [3.8, 4) is 0 Å². The number of nitrogens with zero attached hydrogens (tertiary/aromatic N) is 3. The van der Waals surface area contributed by atoms with Crippen LogP contribution in [0.15, 0.2) is 9.98 Å². The van der Waals surface area contributed by atoms with Gasteiger partial charge in [-0.3, -0.25) is 14.4 Å². The van der Waals surface area contributed by atoms with E-state index in [0.29, 0.717) is 6.54 Å². The number of amides is 3. The maximum Gasteiger partial charge on any atom is 0.274 e. The monoisotopic (exact) mass is 415 g/mol. The third-order valence-corrected chi connectivity index (χ3v) is 3.64. The highest BCUT2D eigenvalue weighted by atomic mass is 16.5. The van der Waals surface area contributed by atoms with Crippen LogP contribution in [0.25, 0.3) is 0 Å². The van der Waals surface area contributed by atoms with Gasteiger partial charge in [-0.15, -0.1) is 0 Å². The second-order valence-electron chi connectivity index (χ2n) is 7.11. The Morgan fingerprint density at radius 2 is 1.79 bits per heavy atom. The van der Waals surface area contributed by atoms with E-state index in [1.807, 2.05) is 0 Å². The Balaban J connectivity index is 4.48. The smallest absolute Gasteiger partial charge is 0.274 e. The van der Waals surface area contributed by atoms with Gasteiger partial charge in [0.2, 0.25) is 17.8 Å². The summed E-state index contributed by atoms with van der Waals surface area (Å²) in [4.78, 5) is 43.9. The fourth-order valence-corrected chi connectivity index (χ4v) is 1.92. The van der Waals surface area contributed by atoms with E-state index in [1.54, 1.807) is 34.9 Å². The first-order valence-corrected chi connectivity index (χ1v) is 9.09. The lowest BCUT2D eigenvalue weighted by Gasteiger charge is -2.29. The zero-order valence-corrected chi connectivity index (χ0v) is 17.7. The van der Waals surface area contributed by atoms with E-state index in [1.165, 1.54) is 4.90 Å². The Morgan fingerprint density at radius 3 is 2.34 bits per heavy atom. The standard InChI is InChI=1S/C17H33N7O5/c1-6-20-11(25)7-8-21-14(28)13(27)17(2,3)10-29-9-12(26)22-15(18)23-16(19)24(4)5/h13,27H,6-10H2,1-5H3,(H,20,25)(H,21,28)(H4,18,19,22,23,26)/t13-/m0/s1. The molecule has 0 bridgehead atoms. The molecule has 0 aromatic carbocycles. The van der Waals surface area contributed by atoms with Crippen molar-refractivity contribution in [2.45, 2.75) is 33.3 Å². The van der Waals surface area contributed by atoms with Crippen molar-refractivity contribution in [3.05, 3.63) is 0 Å². The molecule has 0 spiro atoms. The van der Waals surface area contributed by atoms with Crippen LogP contribution in [-0.4, -0.2) is 86.1 Å². The van der Waals surface area contributed by atoms with E-state index < -0.39 is 29.9 Å². The van der Waals surface area contributed by atoms with E-state index in [4.69, 9.17) is 16.2 Å².